The van der Waals surface area contributed by atoms with Gasteiger partial charge in [-0.2, -0.15) is 0 Å². The summed E-state index contributed by atoms with van der Waals surface area (Å²) in [6.07, 6.45) is -0.247. The van der Waals surface area contributed by atoms with E-state index < -0.39 is 0 Å². The topological polar surface area (TPSA) is 51.3 Å². The van der Waals surface area contributed by atoms with E-state index in [1.54, 1.807) is 13.2 Å². The Morgan fingerprint density at radius 3 is 2.58 bits per heavy atom. The lowest BCUT2D eigenvalue weighted by atomic mass is 10.0. The predicted molar refractivity (Wildman–Crippen MR) is 95.8 cm³/mol. The first-order valence-corrected chi connectivity index (χ1v) is 8.18. The number of aromatic nitrogens is 1. The molecule has 0 saturated carbocycles. The number of rotatable bonds is 6. The van der Waals surface area contributed by atoms with Crippen LogP contribution in [0, 0.1) is 0 Å². The third-order valence-corrected chi connectivity index (χ3v) is 4.18. The van der Waals surface area contributed by atoms with Gasteiger partial charge in [0.25, 0.3) is 0 Å². The molecule has 0 bridgehead atoms. The van der Waals surface area contributed by atoms with Crippen LogP contribution in [0.3, 0.4) is 0 Å². The highest BCUT2D eigenvalue weighted by molar-refractivity contribution is 6.18. The zero-order valence-corrected chi connectivity index (χ0v) is 14.0. The fourth-order valence-corrected chi connectivity index (χ4v) is 2.95. The Labute approximate surface area is 145 Å². The summed E-state index contributed by atoms with van der Waals surface area (Å²) < 4.78 is 11.3. The molecule has 124 valence electrons. The minimum atomic E-state index is -0.247. The summed E-state index contributed by atoms with van der Waals surface area (Å²) in [4.78, 5) is 14.6. The molecule has 1 unspecified atom stereocenters. The van der Waals surface area contributed by atoms with Crippen molar-refractivity contribution in [2.75, 3.05) is 13.0 Å². The van der Waals surface area contributed by atoms with Gasteiger partial charge in [-0.15, -0.1) is 11.6 Å². The number of fused-ring (bicyclic) bond motifs is 1. The number of alkyl halides is 1. The molecule has 0 fully saturated rings. The Bertz CT molecular complexity index is 873. The zero-order valence-electron chi connectivity index (χ0n) is 13.3. The number of pyridine rings is 1. The molecule has 4 nitrogen and oxygen atoms in total. The molecule has 1 atom stereocenters. The number of aromatic amines is 1. The third kappa shape index (κ3) is 3.45. The van der Waals surface area contributed by atoms with Crippen molar-refractivity contribution >= 4 is 22.5 Å². The quantitative estimate of drug-likeness (QED) is 0.687. The van der Waals surface area contributed by atoms with E-state index in [0.717, 1.165) is 16.5 Å². The van der Waals surface area contributed by atoms with Crippen LogP contribution in [0.4, 0.5) is 0 Å². The second-order valence-corrected chi connectivity index (χ2v) is 5.73. The van der Waals surface area contributed by atoms with Gasteiger partial charge >= 0.3 is 0 Å². The van der Waals surface area contributed by atoms with Crippen molar-refractivity contribution in [3.63, 3.8) is 0 Å². The van der Waals surface area contributed by atoms with E-state index in [1.165, 1.54) is 6.07 Å². The van der Waals surface area contributed by atoms with Crippen LogP contribution in [0.25, 0.3) is 10.9 Å². The number of hydrogen-bond donors (Lipinski definition) is 1. The summed E-state index contributed by atoms with van der Waals surface area (Å²) in [5.74, 6) is 0.953. The Morgan fingerprint density at radius 2 is 1.88 bits per heavy atom. The number of halogens is 1. The second-order valence-electron chi connectivity index (χ2n) is 5.42. The van der Waals surface area contributed by atoms with Gasteiger partial charge in [0.05, 0.1) is 17.5 Å². The Morgan fingerprint density at radius 1 is 1.08 bits per heavy atom. The highest BCUT2D eigenvalue weighted by Crippen LogP contribution is 2.31. The van der Waals surface area contributed by atoms with E-state index in [0.29, 0.717) is 23.8 Å². The first-order chi connectivity index (χ1) is 11.7. The van der Waals surface area contributed by atoms with Crippen LogP contribution in [0.5, 0.6) is 5.75 Å². The van der Waals surface area contributed by atoms with Gasteiger partial charge in [0.2, 0.25) is 5.56 Å². The Kier molecular flexibility index (Phi) is 5.18. The summed E-state index contributed by atoms with van der Waals surface area (Å²) in [5, 5.41) is 0.868. The summed E-state index contributed by atoms with van der Waals surface area (Å²) in [6.45, 7) is 0.426. The zero-order chi connectivity index (χ0) is 16.9. The number of H-pyrrole nitrogens is 1. The molecule has 0 aliphatic rings. The molecule has 5 heteroatoms. The fraction of sp³-hybridized carbons (Fsp3) is 0.211. The summed E-state index contributed by atoms with van der Waals surface area (Å²) >= 11 is 5.99. The van der Waals surface area contributed by atoms with Crippen LogP contribution in [0.15, 0.2) is 59.4 Å². The van der Waals surface area contributed by atoms with E-state index >= 15 is 0 Å². The van der Waals surface area contributed by atoms with E-state index in [1.807, 2.05) is 42.5 Å². The van der Waals surface area contributed by atoms with Crippen molar-refractivity contribution in [3.8, 4) is 5.75 Å². The lowest BCUT2D eigenvalue weighted by Gasteiger charge is -2.17. The SMILES string of the molecule is COC(CCl)c1ccc(OCc2ccccc2)c2[nH]c(=O)ccc12. The predicted octanol–water partition coefficient (Wildman–Crippen LogP) is 4.03. The van der Waals surface area contributed by atoms with Crippen molar-refractivity contribution in [3.05, 3.63) is 76.1 Å². The van der Waals surface area contributed by atoms with E-state index in [4.69, 9.17) is 21.1 Å². The molecule has 0 spiro atoms. The maximum absolute atomic E-state index is 11.8. The normalized spacial score (nSPS) is 12.2. The fourth-order valence-electron chi connectivity index (χ4n) is 2.66. The molecule has 0 amide bonds. The second kappa shape index (κ2) is 7.51. The van der Waals surface area contributed by atoms with Gasteiger partial charge in [0.1, 0.15) is 12.4 Å². The van der Waals surface area contributed by atoms with Crippen LogP contribution in [-0.2, 0) is 11.3 Å². The molecule has 1 N–H and O–H groups in total. The highest BCUT2D eigenvalue weighted by Gasteiger charge is 2.15. The third-order valence-electron chi connectivity index (χ3n) is 3.90. The lowest BCUT2D eigenvalue weighted by Crippen LogP contribution is -2.09. The molecule has 1 aromatic heterocycles. The monoisotopic (exact) mass is 343 g/mol. The van der Waals surface area contributed by atoms with Crippen LogP contribution in [0.1, 0.15) is 17.2 Å². The van der Waals surface area contributed by atoms with Gasteiger partial charge in [0.15, 0.2) is 0 Å². The summed E-state index contributed by atoms with van der Waals surface area (Å²) in [6, 6.07) is 16.9. The number of ether oxygens (including phenoxy) is 2. The first kappa shape index (κ1) is 16.6. The van der Waals surface area contributed by atoms with Crippen molar-refractivity contribution < 1.29 is 9.47 Å². The lowest BCUT2D eigenvalue weighted by molar-refractivity contribution is 0.123. The van der Waals surface area contributed by atoms with Crippen molar-refractivity contribution in [1.29, 1.82) is 0 Å². The molecule has 24 heavy (non-hydrogen) atoms. The highest BCUT2D eigenvalue weighted by atomic mass is 35.5. The van der Waals surface area contributed by atoms with Gasteiger partial charge in [-0.1, -0.05) is 36.4 Å². The van der Waals surface area contributed by atoms with Gasteiger partial charge in [0, 0.05) is 18.6 Å². The molecule has 1 heterocycles. The summed E-state index contributed by atoms with van der Waals surface area (Å²) in [7, 11) is 1.62. The smallest absolute Gasteiger partial charge is 0.248 e. The minimum absolute atomic E-state index is 0.177. The summed E-state index contributed by atoms with van der Waals surface area (Å²) in [5.41, 5.74) is 2.46. The number of hydrogen-bond acceptors (Lipinski definition) is 3. The van der Waals surface area contributed by atoms with Crippen LogP contribution >= 0.6 is 11.6 Å². The van der Waals surface area contributed by atoms with Crippen LogP contribution in [-0.4, -0.2) is 18.0 Å². The van der Waals surface area contributed by atoms with E-state index in [-0.39, 0.29) is 11.7 Å². The maximum Gasteiger partial charge on any atom is 0.248 e. The maximum atomic E-state index is 11.8. The number of methoxy groups -OCH3 is 1. The molecule has 0 aliphatic carbocycles. The van der Waals surface area contributed by atoms with E-state index in [2.05, 4.69) is 4.98 Å². The average molecular weight is 344 g/mol. The number of benzene rings is 2. The van der Waals surface area contributed by atoms with Gasteiger partial charge < -0.3 is 14.5 Å². The molecule has 2 aromatic carbocycles. The van der Waals surface area contributed by atoms with Gasteiger partial charge in [-0.05, 0) is 23.3 Å². The molecule has 0 aliphatic heterocycles. The van der Waals surface area contributed by atoms with Crippen molar-refractivity contribution in [1.82, 2.24) is 4.98 Å². The largest absolute Gasteiger partial charge is 0.487 e. The van der Waals surface area contributed by atoms with Crippen LogP contribution in [0.2, 0.25) is 0 Å². The van der Waals surface area contributed by atoms with Gasteiger partial charge in [-0.3, -0.25) is 4.79 Å². The van der Waals surface area contributed by atoms with Crippen molar-refractivity contribution in [2.24, 2.45) is 0 Å². The molecule has 3 rings (SSSR count). The standard InChI is InChI=1S/C19H18ClNO3/c1-23-17(11-20)14-7-9-16(19-15(14)8-10-18(22)21-19)24-12-13-5-3-2-4-6-13/h2-10,17H,11-12H2,1H3,(H,21,22). The Hall–Kier alpha value is -2.30. The minimum Gasteiger partial charge on any atom is -0.487 e. The van der Waals surface area contributed by atoms with Crippen molar-refractivity contribution in [2.45, 2.75) is 12.7 Å². The van der Waals surface area contributed by atoms with Gasteiger partial charge in [-0.25, -0.2) is 0 Å². The molecular weight excluding hydrogens is 326 g/mol. The molecular formula is C19H18ClNO3. The Balaban J connectivity index is 2.01. The molecule has 3 aromatic rings. The van der Waals surface area contributed by atoms with E-state index in [9.17, 15) is 4.79 Å². The molecule has 0 radical (unpaired) electrons. The molecule has 0 saturated heterocycles. The van der Waals surface area contributed by atoms with Crippen LogP contribution < -0.4 is 10.3 Å². The average Bonchev–Trinajstić information content (AvgIpc) is 2.62. The first-order valence-electron chi connectivity index (χ1n) is 7.64. The number of nitrogens with one attached hydrogen (secondary N) is 1.